The zero-order valence-corrected chi connectivity index (χ0v) is 14.0. The summed E-state index contributed by atoms with van der Waals surface area (Å²) in [7, 11) is 0. The third kappa shape index (κ3) is 2.90. The van der Waals surface area contributed by atoms with E-state index in [4.69, 9.17) is 0 Å². The molecule has 130 valence electrons. The van der Waals surface area contributed by atoms with E-state index in [1.165, 1.54) is 15.3 Å². The van der Waals surface area contributed by atoms with Crippen molar-refractivity contribution in [1.82, 2.24) is 34.4 Å². The first-order chi connectivity index (χ1) is 12.6. The predicted octanol–water partition coefficient (Wildman–Crippen LogP) is 0.459. The van der Waals surface area contributed by atoms with Crippen molar-refractivity contribution in [3.05, 3.63) is 64.7 Å². The van der Waals surface area contributed by atoms with Gasteiger partial charge in [0, 0.05) is 31.3 Å². The number of aryl methyl sites for hydroxylation is 1. The van der Waals surface area contributed by atoms with Crippen LogP contribution in [0.4, 0.5) is 0 Å². The second kappa shape index (κ2) is 6.36. The number of nitrogens with zero attached hydrogens (tertiary/aromatic N) is 6. The molecule has 1 N–H and O–H groups in total. The summed E-state index contributed by atoms with van der Waals surface area (Å²) in [5.74, 6) is 0.742. The quantitative estimate of drug-likeness (QED) is 0.573. The van der Waals surface area contributed by atoms with Gasteiger partial charge in [0.05, 0.1) is 10.9 Å². The van der Waals surface area contributed by atoms with Crippen molar-refractivity contribution < 1.29 is 4.79 Å². The molecule has 0 saturated heterocycles. The van der Waals surface area contributed by atoms with Crippen molar-refractivity contribution in [2.75, 3.05) is 0 Å². The van der Waals surface area contributed by atoms with E-state index in [9.17, 15) is 9.59 Å². The van der Waals surface area contributed by atoms with Crippen molar-refractivity contribution in [2.45, 2.75) is 20.0 Å². The topological polar surface area (TPSA) is 107 Å². The van der Waals surface area contributed by atoms with E-state index < -0.39 is 0 Å². The van der Waals surface area contributed by atoms with Crippen LogP contribution in [0, 0.1) is 6.92 Å². The zero-order valence-electron chi connectivity index (χ0n) is 14.0. The predicted molar refractivity (Wildman–Crippen MR) is 93.4 cm³/mol. The number of nitrogens with one attached hydrogen (secondary N) is 1. The Morgan fingerprint density at radius 3 is 2.96 bits per heavy atom. The number of aromatic nitrogens is 6. The molecule has 0 bridgehead atoms. The number of hydrogen-bond acceptors (Lipinski definition) is 6. The fourth-order valence-corrected chi connectivity index (χ4v) is 2.70. The number of fused-ring (bicyclic) bond motifs is 3. The van der Waals surface area contributed by atoms with Gasteiger partial charge >= 0.3 is 0 Å². The van der Waals surface area contributed by atoms with Gasteiger partial charge < -0.3 is 9.88 Å². The molecule has 4 heterocycles. The molecule has 0 saturated carbocycles. The third-order valence-electron chi connectivity index (χ3n) is 3.94. The van der Waals surface area contributed by atoms with Crippen LogP contribution in [0.3, 0.4) is 0 Å². The van der Waals surface area contributed by atoms with Gasteiger partial charge in [0.25, 0.3) is 11.3 Å². The monoisotopic (exact) mass is 349 g/mol. The highest BCUT2D eigenvalue weighted by molar-refractivity contribution is 5.80. The van der Waals surface area contributed by atoms with E-state index in [1.54, 1.807) is 37.6 Å². The lowest BCUT2D eigenvalue weighted by Crippen LogP contribution is -2.32. The molecular weight excluding hydrogens is 334 g/mol. The maximum absolute atomic E-state index is 12.7. The summed E-state index contributed by atoms with van der Waals surface area (Å²) >= 11 is 0. The lowest BCUT2D eigenvalue weighted by Gasteiger charge is -2.08. The van der Waals surface area contributed by atoms with Gasteiger partial charge in [-0.3, -0.25) is 14.6 Å². The van der Waals surface area contributed by atoms with Crippen LogP contribution in [0.15, 0.2) is 47.8 Å². The van der Waals surface area contributed by atoms with E-state index >= 15 is 0 Å². The molecule has 4 aromatic rings. The van der Waals surface area contributed by atoms with Crippen LogP contribution in [0.2, 0.25) is 0 Å². The van der Waals surface area contributed by atoms with Gasteiger partial charge in [-0.05, 0) is 24.6 Å². The van der Waals surface area contributed by atoms with Gasteiger partial charge in [-0.2, -0.15) is 9.50 Å². The van der Waals surface area contributed by atoms with Crippen LogP contribution in [0.25, 0.3) is 16.7 Å². The number of rotatable bonds is 4. The molecule has 0 radical (unpaired) electrons. The summed E-state index contributed by atoms with van der Waals surface area (Å²) in [6, 6.07) is 5.40. The highest BCUT2D eigenvalue weighted by atomic mass is 16.2. The molecule has 0 aliphatic rings. The largest absolute Gasteiger partial charge is 0.350 e. The highest BCUT2D eigenvalue weighted by Gasteiger charge is 2.11. The second-order valence-electron chi connectivity index (χ2n) is 5.81. The van der Waals surface area contributed by atoms with E-state index in [-0.39, 0.29) is 18.0 Å². The molecule has 4 aromatic heterocycles. The van der Waals surface area contributed by atoms with Gasteiger partial charge in [0.1, 0.15) is 12.4 Å². The molecule has 9 heteroatoms. The molecule has 4 rings (SSSR count). The van der Waals surface area contributed by atoms with Gasteiger partial charge in [-0.1, -0.05) is 6.07 Å². The number of carbonyl (C=O) groups excluding carboxylic acids is 1. The molecular formula is C17H15N7O2. The Kier molecular flexibility index (Phi) is 3.88. The smallest absolute Gasteiger partial charge is 0.262 e. The first kappa shape index (κ1) is 15.9. The minimum Gasteiger partial charge on any atom is -0.350 e. The molecule has 0 aliphatic carbocycles. The second-order valence-corrected chi connectivity index (χ2v) is 5.81. The fraction of sp³-hybridized carbons (Fsp3) is 0.176. The number of amides is 1. The Balaban J connectivity index is 1.58. The van der Waals surface area contributed by atoms with Crippen LogP contribution in [0.1, 0.15) is 11.4 Å². The minimum atomic E-state index is -0.304. The maximum atomic E-state index is 12.7. The average Bonchev–Trinajstić information content (AvgIpc) is 3.04. The van der Waals surface area contributed by atoms with Crippen LogP contribution in [0.5, 0.6) is 0 Å². The molecule has 9 nitrogen and oxygen atoms in total. The molecule has 0 aliphatic heterocycles. The van der Waals surface area contributed by atoms with Crippen molar-refractivity contribution in [3.8, 4) is 0 Å². The zero-order chi connectivity index (χ0) is 18.1. The summed E-state index contributed by atoms with van der Waals surface area (Å²) < 4.78 is 2.87. The standard InChI is InChI=1S/C17H15N7O2/c1-11-21-17-20-9-13-14(24(17)22-11)4-6-23(16(13)26)10-15(25)19-8-12-3-2-5-18-7-12/h2-7,9H,8,10H2,1H3,(H,19,25). The lowest BCUT2D eigenvalue weighted by molar-refractivity contribution is -0.121. The molecule has 0 atom stereocenters. The van der Waals surface area contributed by atoms with Crippen LogP contribution < -0.4 is 10.9 Å². The van der Waals surface area contributed by atoms with E-state index in [1.807, 2.05) is 6.07 Å². The fourth-order valence-electron chi connectivity index (χ4n) is 2.70. The highest BCUT2D eigenvalue weighted by Crippen LogP contribution is 2.10. The van der Waals surface area contributed by atoms with Gasteiger partial charge in [0.2, 0.25) is 5.91 Å². The Morgan fingerprint density at radius 1 is 1.27 bits per heavy atom. The Morgan fingerprint density at radius 2 is 2.15 bits per heavy atom. The molecule has 0 unspecified atom stereocenters. The molecule has 1 amide bonds. The third-order valence-corrected chi connectivity index (χ3v) is 3.94. The minimum absolute atomic E-state index is 0.0799. The molecule has 0 spiro atoms. The van der Waals surface area contributed by atoms with Crippen molar-refractivity contribution in [1.29, 1.82) is 0 Å². The summed E-state index contributed by atoms with van der Waals surface area (Å²) in [6.45, 7) is 2.03. The molecule has 0 fully saturated rings. The SMILES string of the molecule is Cc1nc2ncc3c(=O)n(CC(=O)NCc4cccnc4)ccc3n2n1. The van der Waals surface area contributed by atoms with E-state index in [2.05, 4.69) is 25.4 Å². The van der Waals surface area contributed by atoms with Crippen molar-refractivity contribution in [3.63, 3.8) is 0 Å². The van der Waals surface area contributed by atoms with Crippen LogP contribution in [-0.4, -0.2) is 35.0 Å². The van der Waals surface area contributed by atoms with Gasteiger partial charge in [-0.15, -0.1) is 5.10 Å². The summed E-state index contributed by atoms with van der Waals surface area (Å²) in [5, 5.41) is 7.40. The maximum Gasteiger partial charge on any atom is 0.262 e. The molecule has 26 heavy (non-hydrogen) atoms. The summed E-state index contributed by atoms with van der Waals surface area (Å²) in [5.41, 5.74) is 1.19. The van der Waals surface area contributed by atoms with Gasteiger partial charge in [0.15, 0.2) is 0 Å². The number of pyridine rings is 2. The Bertz CT molecular complexity index is 1160. The average molecular weight is 349 g/mol. The van der Waals surface area contributed by atoms with Crippen molar-refractivity contribution in [2.24, 2.45) is 0 Å². The Hall–Kier alpha value is -3.62. The first-order valence-electron chi connectivity index (χ1n) is 7.99. The van der Waals surface area contributed by atoms with Crippen LogP contribution in [-0.2, 0) is 17.9 Å². The summed E-state index contributed by atoms with van der Waals surface area (Å²) in [6.07, 6.45) is 6.39. The molecule has 0 aromatic carbocycles. The van der Waals surface area contributed by atoms with Gasteiger partial charge in [-0.25, -0.2) is 4.98 Å². The lowest BCUT2D eigenvalue weighted by atomic mass is 10.3. The number of carbonyl (C=O) groups is 1. The first-order valence-corrected chi connectivity index (χ1v) is 7.99. The number of hydrogen-bond donors (Lipinski definition) is 1. The van der Waals surface area contributed by atoms with Crippen LogP contribution >= 0.6 is 0 Å². The van der Waals surface area contributed by atoms with E-state index in [0.717, 1.165) is 5.56 Å². The van der Waals surface area contributed by atoms with Crippen molar-refractivity contribution >= 4 is 22.6 Å². The summed E-state index contributed by atoms with van der Waals surface area (Å²) in [4.78, 5) is 37.1. The normalized spacial score (nSPS) is 11.1. The Labute approximate surface area is 147 Å². The van der Waals surface area contributed by atoms with E-state index in [0.29, 0.717) is 29.0 Å².